The maximum Gasteiger partial charge on any atom is 0.357 e. The van der Waals surface area contributed by atoms with Gasteiger partial charge in [0.1, 0.15) is 30.0 Å². The van der Waals surface area contributed by atoms with Crippen LogP contribution in [0.1, 0.15) is 79.3 Å². The van der Waals surface area contributed by atoms with Gasteiger partial charge in [-0.25, -0.2) is 14.8 Å². The highest BCUT2D eigenvalue weighted by Gasteiger charge is 2.28. The number of esters is 1. The second kappa shape index (κ2) is 13.4. The second-order valence-electron chi connectivity index (χ2n) is 11.3. The number of nitrogens with zero attached hydrogens (tertiary/aromatic N) is 3. The van der Waals surface area contributed by atoms with Crippen molar-refractivity contribution in [3.05, 3.63) is 104 Å². The van der Waals surface area contributed by atoms with Crippen molar-refractivity contribution in [1.82, 2.24) is 20.2 Å². The molecule has 0 saturated carbocycles. The minimum atomic E-state index is -1.43. The van der Waals surface area contributed by atoms with Crippen molar-refractivity contribution < 1.29 is 34.1 Å². The SMILES string of the molecule is CC(=O)/C(N)=C(\C=O)N1CCc2ccc(COC(=O)c3cc(C(=O)N[C@H]4CCc5c4ccc(CC(O)O)c5C)ncn3)cc2C1. The van der Waals surface area contributed by atoms with Crippen molar-refractivity contribution in [2.24, 2.45) is 5.73 Å². The van der Waals surface area contributed by atoms with Crippen molar-refractivity contribution >= 4 is 23.9 Å². The highest BCUT2D eigenvalue weighted by Crippen LogP contribution is 2.35. The number of ketones is 1. The number of allylic oxidation sites excluding steroid dienone is 2. The molecular formula is C33H35N5O7. The molecule has 5 N–H and O–H groups in total. The normalized spacial score (nSPS) is 16.0. The number of ether oxygens (including phenoxy) is 1. The van der Waals surface area contributed by atoms with E-state index < -0.39 is 18.2 Å². The van der Waals surface area contributed by atoms with E-state index in [2.05, 4.69) is 15.3 Å². The molecule has 234 valence electrons. The maximum atomic E-state index is 13.1. The Morgan fingerprint density at radius 3 is 2.62 bits per heavy atom. The lowest BCUT2D eigenvalue weighted by atomic mass is 9.96. The summed E-state index contributed by atoms with van der Waals surface area (Å²) in [7, 11) is 0. The van der Waals surface area contributed by atoms with Crippen LogP contribution in [-0.4, -0.2) is 61.9 Å². The van der Waals surface area contributed by atoms with E-state index in [-0.39, 0.29) is 47.6 Å². The van der Waals surface area contributed by atoms with Crippen LogP contribution < -0.4 is 11.1 Å². The fourth-order valence-corrected chi connectivity index (χ4v) is 5.94. The van der Waals surface area contributed by atoms with E-state index in [4.69, 9.17) is 10.5 Å². The van der Waals surface area contributed by atoms with Crippen LogP contribution in [0, 0.1) is 6.92 Å². The Balaban J connectivity index is 1.22. The zero-order chi connectivity index (χ0) is 32.2. The average molecular weight is 614 g/mol. The fourth-order valence-electron chi connectivity index (χ4n) is 5.94. The molecule has 1 aromatic heterocycles. The number of carbonyl (C=O) groups excluding carboxylic acids is 4. The molecule has 3 aromatic rings. The number of nitrogens with one attached hydrogen (secondary N) is 1. The van der Waals surface area contributed by atoms with Crippen LogP contribution in [0.5, 0.6) is 0 Å². The van der Waals surface area contributed by atoms with Gasteiger partial charge in [0.2, 0.25) is 0 Å². The van der Waals surface area contributed by atoms with Gasteiger partial charge in [0, 0.05) is 32.5 Å². The first kappa shape index (κ1) is 31.5. The number of benzene rings is 2. The summed E-state index contributed by atoms with van der Waals surface area (Å²) < 4.78 is 5.50. The van der Waals surface area contributed by atoms with E-state index in [1.807, 2.05) is 37.3 Å². The number of carbonyl (C=O) groups is 4. The number of hydrogen-bond acceptors (Lipinski definition) is 11. The Labute approximate surface area is 259 Å². The van der Waals surface area contributed by atoms with Crippen molar-refractivity contribution in [2.45, 2.75) is 65.0 Å². The summed E-state index contributed by atoms with van der Waals surface area (Å²) in [6, 6.07) is 10.5. The molecule has 1 atom stereocenters. The largest absolute Gasteiger partial charge is 0.456 e. The minimum absolute atomic E-state index is 0.0277. The summed E-state index contributed by atoms with van der Waals surface area (Å²) in [5.74, 6) is -1.54. The van der Waals surface area contributed by atoms with Gasteiger partial charge in [-0.1, -0.05) is 30.3 Å². The molecule has 0 radical (unpaired) electrons. The number of aldehydes is 1. The first-order chi connectivity index (χ1) is 21.5. The van der Waals surface area contributed by atoms with E-state index in [9.17, 15) is 29.4 Å². The molecule has 12 heteroatoms. The Morgan fingerprint density at radius 1 is 1.11 bits per heavy atom. The summed E-state index contributed by atoms with van der Waals surface area (Å²) in [5.41, 5.74) is 12.5. The molecule has 2 aliphatic rings. The third-order valence-electron chi connectivity index (χ3n) is 8.38. The summed E-state index contributed by atoms with van der Waals surface area (Å²) in [4.78, 5) is 59.2. The van der Waals surface area contributed by atoms with Crippen LogP contribution >= 0.6 is 0 Å². The van der Waals surface area contributed by atoms with Gasteiger partial charge in [-0.2, -0.15) is 0 Å². The van der Waals surface area contributed by atoms with E-state index in [1.54, 1.807) is 4.90 Å². The first-order valence-electron chi connectivity index (χ1n) is 14.6. The molecule has 0 bridgehead atoms. The number of amides is 1. The monoisotopic (exact) mass is 613 g/mol. The molecule has 2 aromatic carbocycles. The summed E-state index contributed by atoms with van der Waals surface area (Å²) in [6.07, 6.45) is 2.53. The molecule has 1 aliphatic carbocycles. The standard InChI is InChI=1S/C33H35N5O7/c1-18-22(12-30(41)42)5-6-25-24(18)7-8-26(25)37-32(43)27-13-28(36-17-35-27)33(44)45-16-20-3-4-21-9-10-38(14-23(21)11-20)29(15-39)31(34)19(2)40/h3-6,11,13,15,17,26,30,41-42H,7-10,12,14,16,34H2,1-2H3,(H,37,43)/b31-29-/t26-/m0/s1. The molecule has 2 heterocycles. The predicted molar refractivity (Wildman–Crippen MR) is 161 cm³/mol. The van der Waals surface area contributed by atoms with Gasteiger partial charge in [0.15, 0.2) is 24.1 Å². The van der Waals surface area contributed by atoms with E-state index in [0.717, 1.165) is 51.7 Å². The lowest BCUT2D eigenvalue weighted by Gasteiger charge is -2.31. The van der Waals surface area contributed by atoms with Gasteiger partial charge in [-0.3, -0.25) is 14.4 Å². The predicted octanol–water partition coefficient (Wildman–Crippen LogP) is 1.73. The number of fused-ring (bicyclic) bond motifs is 2. The van der Waals surface area contributed by atoms with Gasteiger partial charge >= 0.3 is 5.97 Å². The molecule has 12 nitrogen and oxygen atoms in total. The van der Waals surface area contributed by atoms with Gasteiger partial charge in [-0.15, -0.1) is 0 Å². The number of aromatic nitrogens is 2. The number of hydrogen-bond donors (Lipinski definition) is 4. The number of aliphatic hydroxyl groups excluding tert-OH is 1. The molecule has 0 unspecified atom stereocenters. The number of nitrogens with two attached hydrogens (primary N) is 1. The molecular weight excluding hydrogens is 578 g/mol. The van der Waals surface area contributed by atoms with Crippen LogP contribution in [-0.2, 0) is 46.7 Å². The zero-order valence-corrected chi connectivity index (χ0v) is 25.1. The van der Waals surface area contributed by atoms with Crippen LogP contribution in [0.15, 0.2) is 54.1 Å². The maximum absolute atomic E-state index is 13.1. The molecule has 45 heavy (non-hydrogen) atoms. The van der Waals surface area contributed by atoms with Crippen molar-refractivity contribution in [3.8, 4) is 0 Å². The lowest BCUT2D eigenvalue weighted by molar-refractivity contribution is -0.114. The van der Waals surface area contributed by atoms with Crippen LogP contribution in [0.25, 0.3) is 0 Å². The quantitative estimate of drug-likeness (QED) is 0.113. The highest BCUT2D eigenvalue weighted by atomic mass is 16.5. The summed E-state index contributed by atoms with van der Waals surface area (Å²) in [6.45, 7) is 4.13. The average Bonchev–Trinajstić information content (AvgIpc) is 3.44. The van der Waals surface area contributed by atoms with Crippen molar-refractivity contribution in [2.75, 3.05) is 6.54 Å². The fraction of sp³-hybridized carbons (Fsp3) is 0.333. The zero-order valence-electron chi connectivity index (χ0n) is 25.1. The Morgan fingerprint density at radius 2 is 1.89 bits per heavy atom. The van der Waals surface area contributed by atoms with E-state index >= 15 is 0 Å². The Bertz CT molecular complexity index is 1700. The number of aliphatic hydroxyl groups is 2. The summed E-state index contributed by atoms with van der Waals surface area (Å²) >= 11 is 0. The lowest BCUT2D eigenvalue weighted by Crippen LogP contribution is -2.33. The molecule has 1 aliphatic heterocycles. The van der Waals surface area contributed by atoms with Gasteiger partial charge < -0.3 is 30.9 Å². The van der Waals surface area contributed by atoms with Crippen molar-refractivity contribution in [1.29, 1.82) is 0 Å². The smallest absolute Gasteiger partial charge is 0.357 e. The second-order valence-corrected chi connectivity index (χ2v) is 11.3. The van der Waals surface area contributed by atoms with Crippen molar-refractivity contribution in [3.63, 3.8) is 0 Å². The first-order valence-corrected chi connectivity index (χ1v) is 14.6. The van der Waals surface area contributed by atoms with Gasteiger partial charge in [-0.05, 0) is 65.1 Å². The van der Waals surface area contributed by atoms with Crippen LogP contribution in [0.3, 0.4) is 0 Å². The van der Waals surface area contributed by atoms with Gasteiger partial charge in [0.25, 0.3) is 5.91 Å². The molecule has 0 saturated heterocycles. The topological polar surface area (TPSA) is 185 Å². The molecule has 5 rings (SSSR count). The Hall–Kier alpha value is -4.94. The van der Waals surface area contributed by atoms with E-state index in [0.29, 0.717) is 32.2 Å². The number of Topliss-reactive ketones (excluding diaryl/α,β-unsaturated/α-hetero) is 1. The summed E-state index contributed by atoms with van der Waals surface area (Å²) in [5, 5.41) is 21.7. The van der Waals surface area contributed by atoms with Crippen LogP contribution in [0.2, 0.25) is 0 Å². The van der Waals surface area contributed by atoms with Crippen LogP contribution in [0.4, 0.5) is 0 Å². The molecule has 0 fully saturated rings. The number of rotatable bonds is 10. The van der Waals surface area contributed by atoms with E-state index in [1.165, 1.54) is 13.0 Å². The Kier molecular flexibility index (Phi) is 9.35. The third-order valence-corrected chi connectivity index (χ3v) is 8.38. The molecule has 0 spiro atoms. The van der Waals surface area contributed by atoms with Gasteiger partial charge in [0.05, 0.1) is 6.04 Å². The highest BCUT2D eigenvalue weighted by molar-refractivity contribution is 5.97. The third kappa shape index (κ3) is 6.92. The minimum Gasteiger partial charge on any atom is -0.456 e. The molecule has 1 amide bonds.